The molecule has 5 rings (SSSR count). The molecule has 0 unspecified atom stereocenters. The van der Waals surface area contributed by atoms with Crippen LogP contribution in [0.3, 0.4) is 0 Å². The van der Waals surface area contributed by atoms with Gasteiger partial charge in [-0.25, -0.2) is 0 Å². The third-order valence-electron chi connectivity index (χ3n) is 8.63. The van der Waals surface area contributed by atoms with Crippen LogP contribution in [-0.2, 0) is 14.3 Å². The Morgan fingerprint density at radius 1 is 1.00 bits per heavy atom. The summed E-state index contributed by atoms with van der Waals surface area (Å²) >= 11 is 0. The van der Waals surface area contributed by atoms with Crippen molar-refractivity contribution in [3.63, 3.8) is 0 Å². The molecule has 1 saturated heterocycles. The normalized spacial score (nSPS) is 49.5. The lowest BCUT2D eigenvalue weighted by molar-refractivity contribution is -0.185. The molecular weight excluding hydrogens is 300 g/mol. The molecule has 3 heteroatoms. The zero-order valence-corrected chi connectivity index (χ0v) is 15.1. The van der Waals surface area contributed by atoms with Crippen molar-refractivity contribution in [2.24, 2.45) is 28.6 Å². The third kappa shape index (κ3) is 1.89. The maximum atomic E-state index is 12.5. The van der Waals surface area contributed by atoms with Gasteiger partial charge in [0.15, 0.2) is 5.79 Å². The highest BCUT2D eigenvalue weighted by molar-refractivity contribution is 5.87. The van der Waals surface area contributed by atoms with Gasteiger partial charge in [-0.3, -0.25) is 4.79 Å². The number of allylic oxidation sites excluding steroid dienone is 1. The number of hydrogen-bond acceptors (Lipinski definition) is 3. The lowest BCUT2D eigenvalue weighted by atomic mass is 9.48. The van der Waals surface area contributed by atoms with E-state index in [4.69, 9.17) is 9.47 Å². The van der Waals surface area contributed by atoms with Gasteiger partial charge in [0.1, 0.15) is 5.78 Å². The first-order valence-electron chi connectivity index (χ1n) is 9.98. The second kappa shape index (κ2) is 4.94. The van der Waals surface area contributed by atoms with Gasteiger partial charge in [0, 0.05) is 24.7 Å². The van der Waals surface area contributed by atoms with Crippen LogP contribution >= 0.6 is 0 Å². The fourth-order valence-electron chi connectivity index (χ4n) is 7.12. The molecule has 24 heavy (non-hydrogen) atoms. The van der Waals surface area contributed by atoms with E-state index < -0.39 is 0 Å². The Balaban J connectivity index is 1.47. The Morgan fingerprint density at radius 2 is 1.75 bits per heavy atom. The highest BCUT2D eigenvalue weighted by atomic mass is 16.7. The zero-order valence-electron chi connectivity index (χ0n) is 15.1. The Bertz CT molecular complexity index is 602. The van der Waals surface area contributed by atoms with Crippen molar-refractivity contribution in [1.82, 2.24) is 0 Å². The van der Waals surface area contributed by atoms with Crippen molar-refractivity contribution in [2.45, 2.75) is 71.0 Å². The number of carbonyl (C=O) groups is 1. The van der Waals surface area contributed by atoms with E-state index in [9.17, 15) is 4.79 Å². The monoisotopic (exact) mass is 330 g/mol. The van der Waals surface area contributed by atoms with Gasteiger partial charge in [0.25, 0.3) is 0 Å². The largest absolute Gasteiger partial charge is 0.347 e. The third-order valence-corrected chi connectivity index (χ3v) is 8.63. The molecular formula is C21H30O3. The highest BCUT2D eigenvalue weighted by Crippen LogP contribution is 2.65. The fraction of sp³-hybridized carbons (Fsp3) is 0.857. The molecule has 0 aromatic carbocycles. The predicted octanol–water partition coefficient (Wildman–Crippen LogP) is 4.26. The Labute approximate surface area is 145 Å². The molecule has 0 N–H and O–H groups in total. The first-order chi connectivity index (χ1) is 11.5. The molecule has 4 fully saturated rings. The van der Waals surface area contributed by atoms with Gasteiger partial charge in [-0.15, -0.1) is 0 Å². The Kier molecular flexibility index (Phi) is 3.21. The number of ether oxygens (including phenoxy) is 2. The van der Waals surface area contributed by atoms with E-state index in [1.165, 1.54) is 19.3 Å². The van der Waals surface area contributed by atoms with Crippen molar-refractivity contribution >= 4 is 5.78 Å². The van der Waals surface area contributed by atoms with Crippen LogP contribution in [0.1, 0.15) is 65.2 Å². The van der Waals surface area contributed by atoms with Crippen molar-refractivity contribution in [1.29, 1.82) is 0 Å². The molecule has 0 bridgehead atoms. The molecule has 1 heterocycles. The van der Waals surface area contributed by atoms with E-state index in [-0.39, 0.29) is 11.2 Å². The zero-order chi connectivity index (χ0) is 16.6. The minimum Gasteiger partial charge on any atom is -0.347 e. The second-order valence-electron chi connectivity index (χ2n) is 9.46. The molecule has 5 atom stereocenters. The van der Waals surface area contributed by atoms with Gasteiger partial charge in [0.05, 0.1) is 13.2 Å². The lowest BCUT2D eigenvalue weighted by Gasteiger charge is -2.57. The van der Waals surface area contributed by atoms with Crippen LogP contribution in [0.2, 0.25) is 0 Å². The number of Topliss-reactive ketones (excluding diaryl/α,β-unsaturated/α-hetero) is 1. The SMILES string of the molecule is C[C@@]12CC[C@@H]3[C@H](CC=C4CC5(CC[C@@]43C)OCCO5)[C@H]1CCC2=O. The molecule has 1 aliphatic heterocycles. The van der Waals surface area contributed by atoms with Gasteiger partial charge in [-0.05, 0) is 55.3 Å². The molecule has 3 nitrogen and oxygen atoms in total. The maximum Gasteiger partial charge on any atom is 0.172 e. The summed E-state index contributed by atoms with van der Waals surface area (Å²) in [5, 5.41) is 0. The maximum absolute atomic E-state index is 12.5. The van der Waals surface area contributed by atoms with Crippen molar-refractivity contribution < 1.29 is 14.3 Å². The number of hydrogen-bond donors (Lipinski definition) is 0. The summed E-state index contributed by atoms with van der Waals surface area (Å²) in [5.74, 6) is 2.31. The minimum absolute atomic E-state index is 0.0174. The summed E-state index contributed by atoms with van der Waals surface area (Å²) < 4.78 is 12.0. The number of carbonyl (C=O) groups excluding carboxylic acids is 1. The lowest BCUT2D eigenvalue weighted by Crippen LogP contribution is -2.52. The molecule has 3 saturated carbocycles. The molecule has 0 aromatic rings. The van der Waals surface area contributed by atoms with Crippen LogP contribution in [0.25, 0.3) is 0 Å². The van der Waals surface area contributed by atoms with E-state index in [1.807, 2.05) is 0 Å². The first-order valence-corrected chi connectivity index (χ1v) is 9.98. The average Bonchev–Trinajstić information content (AvgIpc) is 3.14. The molecule has 0 amide bonds. The van der Waals surface area contributed by atoms with E-state index >= 15 is 0 Å². The van der Waals surface area contributed by atoms with Crippen molar-refractivity contribution in [3.8, 4) is 0 Å². The van der Waals surface area contributed by atoms with Crippen LogP contribution in [0.5, 0.6) is 0 Å². The van der Waals surface area contributed by atoms with Gasteiger partial charge in [0.2, 0.25) is 0 Å². The quantitative estimate of drug-likeness (QED) is 0.623. The van der Waals surface area contributed by atoms with E-state index in [2.05, 4.69) is 19.9 Å². The number of rotatable bonds is 0. The predicted molar refractivity (Wildman–Crippen MR) is 91.3 cm³/mol. The van der Waals surface area contributed by atoms with Gasteiger partial charge >= 0.3 is 0 Å². The van der Waals surface area contributed by atoms with Gasteiger partial charge in [-0.1, -0.05) is 25.5 Å². The summed E-state index contributed by atoms with van der Waals surface area (Å²) in [6.07, 6.45) is 11.1. The van der Waals surface area contributed by atoms with Crippen LogP contribution in [-0.4, -0.2) is 24.8 Å². The molecule has 0 aromatic heterocycles. The second-order valence-corrected chi connectivity index (χ2v) is 9.46. The van der Waals surface area contributed by atoms with Crippen molar-refractivity contribution in [2.75, 3.05) is 13.2 Å². The molecule has 0 radical (unpaired) electrons. The van der Waals surface area contributed by atoms with Crippen LogP contribution in [0.15, 0.2) is 11.6 Å². The van der Waals surface area contributed by atoms with E-state index in [0.29, 0.717) is 23.0 Å². The Morgan fingerprint density at radius 3 is 2.54 bits per heavy atom. The average molecular weight is 330 g/mol. The van der Waals surface area contributed by atoms with Gasteiger partial charge in [-0.2, -0.15) is 0 Å². The van der Waals surface area contributed by atoms with E-state index in [0.717, 1.165) is 51.2 Å². The summed E-state index contributed by atoms with van der Waals surface area (Å²) in [7, 11) is 0. The standard InChI is InChI=1S/C21H30O3/c1-19-9-10-21(23-11-12-24-21)13-14(19)3-4-15-16-5-6-18(22)20(16,2)8-7-17(15)19/h3,15-17H,4-13H2,1-2H3/t15-,16-,17-,19+,20-/m1/s1. The van der Waals surface area contributed by atoms with Crippen LogP contribution in [0, 0.1) is 28.6 Å². The van der Waals surface area contributed by atoms with Crippen molar-refractivity contribution in [3.05, 3.63) is 11.6 Å². The molecule has 5 aliphatic rings. The smallest absolute Gasteiger partial charge is 0.172 e. The number of ketones is 1. The summed E-state index contributed by atoms with van der Waals surface area (Å²) in [4.78, 5) is 12.5. The van der Waals surface area contributed by atoms with E-state index in [1.54, 1.807) is 5.57 Å². The number of fused-ring (bicyclic) bond motifs is 5. The Hall–Kier alpha value is -0.670. The highest BCUT2D eigenvalue weighted by Gasteiger charge is 2.60. The molecule has 4 aliphatic carbocycles. The topological polar surface area (TPSA) is 35.5 Å². The fourth-order valence-corrected chi connectivity index (χ4v) is 7.12. The summed E-state index contributed by atoms with van der Waals surface area (Å²) in [5.41, 5.74) is 1.87. The summed E-state index contributed by atoms with van der Waals surface area (Å²) in [6.45, 7) is 6.26. The first kappa shape index (κ1) is 15.6. The molecule has 132 valence electrons. The van der Waals surface area contributed by atoms with Crippen LogP contribution < -0.4 is 0 Å². The minimum atomic E-state index is -0.315. The van der Waals surface area contributed by atoms with Gasteiger partial charge < -0.3 is 9.47 Å². The molecule has 1 spiro atoms. The summed E-state index contributed by atoms with van der Waals surface area (Å²) in [6, 6.07) is 0. The van der Waals surface area contributed by atoms with Crippen LogP contribution in [0.4, 0.5) is 0 Å².